The van der Waals surface area contributed by atoms with Crippen molar-refractivity contribution in [3.8, 4) is 5.69 Å². The number of carbonyl (C=O) groups is 1. The molecule has 0 radical (unpaired) electrons. The van der Waals surface area contributed by atoms with Crippen LogP contribution in [0.2, 0.25) is 5.02 Å². The number of rotatable bonds is 6. The van der Waals surface area contributed by atoms with E-state index in [1.165, 1.54) is 17.3 Å². The number of nitrogens with zero attached hydrogens (tertiary/aromatic N) is 3. The highest BCUT2D eigenvalue weighted by Gasteiger charge is 2.15. The monoisotopic (exact) mass is 400 g/mol. The van der Waals surface area contributed by atoms with Gasteiger partial charge in [0.1, 0.15) is 5.82 Å². The highest BCUT2D eigenvalue weighted by Crippen LogP contribution is 2.24. The molecule has 1 N–H and O–H groups in total. The molecule has 0 saturated carbocycles. The van der Waals surface area contributed by atoms with Gasteiger partial charge in [-0.3, -0.25) is 9.36 Å². The van der Waals surface area contributed by atoms with Crippen molar-refractivity contribution in [1.29, 1.82) is 0 Å². The van der Waals surface area contributed by atoms with Crippen LogP contribution in [0.5, 0.6) is 0 Å². The van der Waals surface area contributed by atoms with Gasteiger partial charge in [0.2, 0.25) is 5.91 Å². The fourth-order valence-corrected chi connectivity index (χ4v) is 3.60. The topological polar surface area (TPSA) is 59.8 Å². The predicted molar refractivity (Wildman–Crippen MR) is 110 cm³/mol. The zero-order valence-electron chi connectivity index (χ0n) is 15.5. The largest absolute Gasteiger partial charge is 0.351 e. The van der Waals surface area contributed by atoms with Gasteiger partial charge in [-0.05, 0) is 55.7 Å². The lowest BCUT2D eigenvalue weighted by Gasteiger charge is -2.12. The van der Waals surface area contributed by atoms with Crippen molar-refractivity contribution in [2.75, 3.05) is 5.75 Å². The summed E-state index contributed by atoms with van der Waals surface area (Å²) in [6, 6.07) is 13.7. The van der Waals surface area contributed by atoms with E-state index in [2.05, 4.69) is 47.6 Å². The maximum Gasteiger partial charge on any atom is 0.230 e. The summed E-state index contributed by atoms with van der Waals surface area (Å²) >= 11 is 7.25. The Morgan fingerprint density at radius 3 is 2.59 bits per heavy atom. The first-order valence-corrected chi connectivity index (χ1v) is 9.94. The van der Waals surface area contributed by atoms with Crippen LogP contribution < -0.4 is 5.32 Å². The maximum absolute atomic E-state index is 12.2. The van der Waals surface area contributed by atoms with E-state index in [4.69, 9.17) is 11.6 Å². The molecule has 5 nitrogen and oxygen atoms in total. The highest BCUT2D eigenvalue weighted by molar-refractivity contribution is 7.99. The zero-order chi connectivity index (χ0) is 19.4. The molecular formula is C20H21ClN4OS. The molecule has 2 aromatic carbocycles. The summed E-state index contributed by atoms with van der Waals surface area (Å²) in [5, 5.41) is 12.7. The summed E-state index contributed by atoms with van der Waals surface area (Å²) in [7, 11) is 0. The third-order valence-electron chi connectivity index (χ3n) is 4.14. The summed E-state index contributed by atoms with van der Waals surface area (Å²) in [4.78, 5) is 12.2. The van der Waals surface area contributed by atoms with E-state index in [-0.39, 0.29) is 11.7 Å². The van der Waals surface area contributed by atoms with Crippen molar-refractivity contribution in [3.05, 3.63) is 70.0 Å². The number of aryl methyl sites for hydroxylation is 3. The lowest BCUT2D eigenvalue weighted by Crippen LogP contribution is -2.24. The summed E-state index contributed by atoms with van der Waals surface area (Å²) < 4.78 is 2.00. The number of halogens is 1. The molecule has 1 heterocycles. The summed E-state index contributed by atoms with van der Waals surface area (Å²) in [5.74, 6) is 1.02. The van der Waals surface area contributed by atoms with Gasteiger partial charge < -0.3 is 5.32 Å². The Morgan fingerprint density at radius 2 is 1.85 bits per heavy atom. The Balaban J connectivity index is 1.65. The minimum Gasteiger partial charge on any atom is -0.351 e. The van der Waals surface area contributed by atoms with Crippen LogP contribution in [0.3, 0.4) is 0 Å². The molecule has 0 atom stereocenters. The molecule has 1 amide bonds. The fourth-order valence-electron chi connectivity index (χ4n) is 2.66. The van der Waals surface area contributed by atoms with Gasteiger partial charge in [0.15, 0.2) is 5.16 Å². The lowest BCUT2D eigenvalue weighted by molar-refractivity contribution is -0.118. The predicted octanol–water partition coefficient (Wildman–Crippen LogP) is 4.25. The Hall–Kier alpha value is -2.31. The fraction of sp³-hybridized carbons (Fsp3) is 0.250. The summed E-state index contributed by atoms with van der Waals surface area (Å²) in [5.41, 5.74) is 4.35. The lowest BCUT2D eigenvalue weighted by atomic mass is 10.1. The normalized spacial score (nSPS) is 10.8. The molecule has 140 valence electrons. The standard InChI is InChI=1S/C20H21ClN4OS/c1-13-4-5-14(2)18(10-13)25-15(3)23-24-20(25)27-12-19(26)22-11-16-6-8-17(21)9-7-16/h4-10H,11-12H2,1-3H3,(H,22,26). The summed E-state index contributed by atoms with van der Waals surface area (Å²) in [6.07, 6.45) is 0. The number of aromatic nitrogens is 3. The first kappa shape index (κ1) is 19.5. The van der Waals surface area contributed by atoms with Crippen LogP contribution in [0.1, 0.15) is 22.5 Å². The third-order valence-corrected chi connectivity index (χ3v) is 5.32. The number of nitrogens with one attached hydrogen (secondary N) is 1. The van der Waals surface area contributed by atoms with Crippen LogP contribution in [-0.4, -0.2) is 26.4 Å². The molecule has 3 rings (SSSR count). The van der Waals surface area contributed by atoms with Crippen molar-refractivity contribution in [2.45, 2.75) is 32.5 Å². The van der Waals surface area contributed by atoms with Crippen molar-refractivity contribution >= 4 is 29.3 Å². The zero-order valence-corrected chi connectivity index (χ0v) is 17.1. The van der Waals surface area contributed by atoms with E-state index >= 15 is 0 Å². The van der Waals surface area contributed by atoms with Crippen LogP contribution in [0, 0.1) is 20.8 Å². The molecule has 0 saturated heterocycles. The molecule has 0 aliphatic rings. The van der Waals surface area contributed by atoms with Gasteiger partial charge in [0.25, 0.3) is 0 Å². The molecule has 7 heteroatoms. The Labute approximate surface area is 168 Å². The van der Waals surface area contributed by atoms with Gasteiger partial charge in [0.05, 0.1) is 11.4 Å². The Morgan fingerprint density at radius 1 is 1.11 bits per heavy atom. The van der Waals surface area contributed by atoms with Crippen LogP contribution in [0.15, 0.2) is 47.6 Å². The van der Waals surface area contributed by atoms with E-state index < -0.39 is 0 Å². The molecule has 0 fully saturated rings. The van der Waals surface area contributed by atoms with Crippen molar-refractivity contribution in [1.82, 2.24) is 20.1 Å². The van der Waals surface area contributed by atoms with Crippen molar-refractivity contribution < 1.29 is 4.79 Å². The molecule has 0 aliphatic carbocycles. The Bertz CT molecular complexity index is 953. The van der Waals surface area contributed by atoms with E-state index in [0.717, 1.165) is 22.6 Å². The van der Waals surface area contributed by atoms with Gasteiger partial charge in [-0.2, -0.15) is 0 Å². The first-order chi connectivity index (χ1) is 12.9. The summed E-state index contributed by atoms with van der Waals surface area (Å²) in [6.45, 7) is 6.50. The SMILES string of the molecule is Cc1ccc(C)c(-n2c(C)nnc2SCC(=O)NCc2ccc(Cl)cc2)c1. The van der Waals surface area contributed by atoms with Crippen molar-refractivity contribution in [3.63, 3.8) is 0 Å². The number of thioether (sulfide) groups is 1. The second kappa shape index (κ2) is 8.59. The van der Waals surface area contributed by atoms with Gasteiger partial charge in [-0.15, -0.1) is 10.2 Å². The van der Waals surface area contributed by atoms with Gasteiger partial charge in [-0.25, -0.2) is 0 Å². The molecule has 0 aliphatic heterocycles. The van der Waals surface area contributed by atoms with Crippen LogP contribution in [0.25, 0.3) is 5.69 Å². The maximum atomic E-state index is 12.2. The second-order valence-electron chi connectivity index (χ2n) is 6.35. The molecule has 0 spiro atoms. The molecule has 1 aromatic heterocycles. The number of carbonyl (C=O) groups excluding carboxylic acids is 1. The Kier molecular flexibility index (Phi) is 6.19. The average Bonchev–Trinajstić information content (AvgIpc) is 3.02. The number of hydrogen-bond acceptors (Lipinski definition) is 4. The average molecular weight is 401 g/mol. The van der Waals surface area contributed by atoms with E-state index in [1.54, 1.807) is 0 Å². The van der Waals surface area contributed by atoms with Crippen LogP contribution in [-0.2, 0) is 11.3 Å². The smallest absolute Gasteiger partial charge is 0.230 e. The van der Waals surface area contributed by atoms with Gasteiger partial charge in [0, 0.05) is 11.6 Å². The minimum absolute atomic E-state index is 0.0527. The highest BCUT2D eigenvalue weighted by atomic mass is 35.5. The molecule has 27 heavy (non-hydrogen) atoms. The van der Waals surface area contributed by atoms with Crippen LogP contribution >= 0.6 is 23.4 Å². The second-order valence-corrected chi connectivity index (χ2v) is 7.73. The van der Waals surface area contributed by atoms with Crippen LogP contribution in [0.4, 0.5) is 0 Å². The van der Waals surface area contributed by atoms with Gasteiger partial charge in [-0.1, -0.05) is 47.6 Å². The van der Waals surface area contributed by atoms with Crippen molar-refractivity contribution in [2.24, 2.45) is 0 Å². The molecule has 0 bridgehead atoms. The molecule has 0 unspecified atom stereocenters. The van der Waals surface area contributed by atoms with E-state index in [1.807, 2.05) is 35.8 Å². The van der Waals surface area contributed by atoms with E-state index in [9.17, 15) is 4.79 Å². The van der Waals surface area contributed by atoms with Gasteiger partial charge >= 0.3 is 0 Å². The third kappa shape index (κ3) is 4.90. The first-order valence-electron chi connectivity index (χ1n) is 8.57. The number of amides is 1. The number of hydrogen-bond donors (Lipinski definition) is 1. The quantitative estimate of drug-likeness (QED) is 0.628. The minimum atomic E-state index is -0.0527. The molecule has 3 aromatic rings. The van der Waals surface area contributed by atoms with E-state index in [0.29, 0.717) is 16.7 Å². The molecular weight excluding hydrogens is 380 g/mol. The number of benzene rings is 2.